The van der Waals surface area contributed by atoms with E-state index in [0.717, 1.165) is 21.0 Å². The molecule has 3 rings (SSSR count). The normalized spacial score (nSPS) is 12.0. The largest absolute Gasteiger partial charge is 0.497 e. The first kappa shape index (κ1) is 18.3. The lowest BCUT2D eigenvalue weighted by Gasteiger charge is -2.18. The summed E-state index contributed by atoms with van der Waals surface area (Å²) in [6.45, 7) is 3.77. The number of rotatable bonds is 5. The third kappa shape index (κ3) is 3.42. The van der Waals surface area contributed by atoms with Gasteiger partial charge in [-0.2, -0.15) is 0 Å². The number of ether oxygens (including phenoxy) is 2. The van der Waals surface area contributed by atoms with Crippen LogP contribution in [0.2, 0.25) is 0 Å². The highest BCUT2D eigenvalue weighted by molar-refractivity contribution is 9.10. The van der Waals surface area contributed by atoms with E-state index in [-0.39, 0.29) is 11.9 Å². The number of methoxy groups -OCH3 is 2. The summed E-state index contributed by atoms with van der Waals surface area (Å²) in [7, 11) is 3.20. The molecule has 1 atom stereocenters. The van der Waals surface area contributed by atoms with E-state index < -0.39 is 0 Å². The molecule has 1 heterocycles. The molecule has 1 unspecified atom stereocenters. The minimum absolute atomic E-state index is 0.271. The van der Waals surface area contributed by atoms with Crippen molar-refractivity contribution in [3.8, 4) is 11.5 Å². The molecule has 26 heavy (non-hydrogen) atoms. The van der Waals surface area contributed by atoms with Crippen LogP contribution in [-0.2, 0) is 0 Å². The van der Waals surface area contributed by atoms with Crippen LogP contribution in [0.3, 0.4) is 0 Å². The van der Waals surface area contributed by atoms with E-state index in [1.54, 1.807) is 14.2 Å². The average Bonchev–Trinajstić information content (AvgIpc) is 2.97. The van der Waals surface area contributed by atoms with Gasteiger partial charge in [-0.3, -0.25) is 4.79 Å². The Hall–Kier alpha value is -2.47. The zero-order chi connectivity index (χ0) is 18.8. The quantitative estimate of drug-likeness (QED) is 0.633. The summed E-state index contributed by atoms with van der Waals surface area (Å²) in [5, 5.41) is 3.89. The number of amides is 1. The van der Waals surface area contributed by atoms with Crippen LogP contribution in [0.15, 0.2) is 45.3 Å². The second-order valence-electron chi connectivity index (χ2n) is 6.00. The predicted octanol–water partition coefficient (Wildman–Crippen LogP) is 5.01. The van der Waals surface area contributed by atoms with Gasteiger partial charge in [0.25, 0.3) is 5.91 Å². The van der Waals surface area contributed by atoms with Gasteiger partial charge in [0.1, 0.15) is 17.1 Å². The van der Waals surface area contributed by atoms with Gasteiger partial charge in [-0.05, 0) is 50.2 Å². The van der Waals surface area contributed by atoms with Crippen LogP contribution >= 0.6 is 15.9 Å². The van der Waals surface area contributed by atoms with Gasteiger partial charge < -0.3 is 19.2 Å². The van der Waals surface area contributed by atoms with Gasteiger partial charge in [0, 0.05) is 21.0 Å². The molecule has 0 fully saturated rings. The van der Waals surface area contributed by atoms with Gasteiger partial charge >= 0.3 is 0 Å². The highest BCUT2D eigenvalue weighted by Crippen LogP contribution is 2.31. The van der Waals surface area contributed by atoms with Crippen molar-refractivity contribution in [2.45, 2.75) is 19.9 Å². The molecular weight excluding hydrogens is 398 g/mol. The van der Waals surface area contributed by atoms with E-state index in [0.29, 0.717) is 22.8 Å². The Morgan fingerprint density at radius 3 is 2.62 bits per heavy atom. The molecule has 0 spiro atoms. The maximum Gasteiger partial charge on any atom is 0.287 e. The fourth-order valence-electron chi connectivity index (χ4n) is 2.93. The van der Waals surface area contributed by atoms with Gasteiger partial charge in [-0.15, -0.1) is 0 Å². The fourth-order valence-corrected chi connectivity index (χ4v) is 3.29. The third-order valence-electron chi connectivity index (χ3n) is 4.36. The number of halogens is 1. The van der Waals surface area contributed by atoms with E-state index in [1.165, 1.54) is 0 Å². The summed E-state index contributed by atoms with van der Waals surface area (Å²) in [5.74, 6) is 1.43. The number of hydrogen-bond acceptors (Lipinski definition) is 4. The molecule has 6 heteroatoms. The SMILES string of the molecule is COc1ccc(OC)c(C(C)NC(=O)c2oc3ccc(Br)cc3c2C)c1. The standard InChI is InChI=1S/C20H20BrNO4/c1-11-15-9-13(21)5-7-18(15)26-19(11)20(23)22-12(2)16-10-14(24-3)6-8-17(16)25-4/h5-10,12H,1-4H3,(H,22,23). The third-order valence-corrected chi connectivity index (χ3v) is 4.85. The van der Waals surface area contributed by atoms with Crippen LogP contribution in [-0.4, -0.2) is 20.1 Å². The molecular formula is C20H20BrNO4. The van der Waals surface area contributed by atoms with E-state index >= 15 is 0 Å². The van der Waals surface area contributed by atoms with E-state index in [9.17, 15) is 4.79 Å². The molecule has 2 aromatic carbocycles. The van der Waals surface area contributed by atoms with E-state index in [4.69, 9.17) is 13.9 Å². The Labute approximate surface area is 160 Å². The van der Waals surface area contributed by atoms with Crippen LogP contribution in [0.1, 0.15) is 34.6 Å². The Morgan fingerprint density at radius 1 is 1.15 bits per heavy atom. The number of hydrogen-bond donors (Lipinski definition) is 1. The molecule has 0 saturated carbocycles. The van der Waals surface area contributed by atoms with Crippen LogP contribution in [0.5, 0.6) is 11.5 Å². The molecule has 3 aromatic rings. The van der Waals surface area contributed by atoms with E-state index in [1.807, 2.05) is 50.2 Å². The predicted molar refractivity (Wildman–Crippen MR) is 104 cm³/mol. The number of carbonyl (C=O) groups is 1. The Balaban J connectivity index is 1.89. The zero-order valence-electron chi connectivity index (χ0n) is 15.1. The van der Waals surface area contributed by atoms with Gasteiger partial charge in [-0.25, -0.2) is 0 Å². The first-order valence-electron chi connectivity index (χ1n) is 8.16. The molecule has 0 saturated heterocycles. The van der Waals surface area contributed by atoms with Gasteiger partial charge in [0.05, 0.1) is 20.3 Å². The fraction of sp³-hybridized carbons (Fsp3) is 0.250. The smallest absolute Gasteiger partial charge is 0.287 e. The number of fused-ring (bicyclic) bond motifs is 1. The van der Waals surface area contributed by atoms with Gasteiger partial charge in [0.15, 0.2) is 5.76 Å². The average molecular weight is 418 g/mol. The lowest BCUT2D eigenvalue weighted by Crippen LogP contribution is -2.27. The van der Waals surface area contributed by atoms with Crippen LogP contribution < -0.4 is 14.8 Å². The summed E-state index contributed by atoms with van der Waals surface area (Å²) in [5.41, 5.74) is 2.32. The van der Waals surface area contributed by atoms with Crippen molar-refractivity contribution < 1.29 is 18.7 Å². The molecule has 0 bridgehead atoms. The first-order valence-corrected chi connectivity index (χ1v) is 8.95. The number of furan rings is 1. The van der Waals surface area contributed by atoms with Crippen LogP contribution in [0.25, 0.3) is 11.0 Å². The number of benzene rings is 2. The Kier molecular flexibility index (Phi) is 5.23. The van der Waals surface area contributed by atoms with Crippen molar-refractivity contribution in [1.29, 1.82) is 0 Å². The highest BCUT2D eigenvalue weighted by Gasteiger charge is 2.21. The lowest BCUT2D eigenvalue weighted by molar-refractivity contribution is 0.0912. The van der Waals surface area contributed by atoms with Crippen molar-refractivity contribution in [3.63, 3.8) is 0 Å². The Bertz CT molecular complexity index is 964. The highest BCUT2D eigenvalue weighted by atomic mass is 79.9. The summed E-state index contributed by atoms with van der Waals surface area (Å²) in [6.07, 6.45) is 0. The maximum absolute atomic E-state index is 12.8. The lowest BCUT2D eigenvalue weighted by atomic mass is 10.1. The Morgan fingerprint density at radius 2 is 1.92 bits per heavy atom. The molecule has 136 valence electrons. The van der Waals surface area contributed by atoms with Crippen LogP contribution in [0.4, 0.5) is 0 Å². The number of carbonyl (C=O) groups excluding carboxylic acids is 1. The zero-order valence-corrected chi connectivity index (χ0v) is 16.6. The second-order valence-corrected chi connectivity index (χ2v) is 6.92. The number of aryl methyl sites for hydroxylation is 1. The van der Waals surface area contributed by atoms with Gasteiger partial charge in [0.2, 0.25) is 0 Å². The second kappa shape index (κ2) is 7.41. The molecule has 0 radical (unpaired) electrons. The molecule has 1 aromatic heterocycles. The van der Waals surface area contributed by atoms with Crippen LogP contribution in [0, 0.1) is 6.92 Å². The maximum atomic E-state index is 12.8. The first-order chi connectivity index (χ1) is 12.4. The molecule has 0 aliphatic rings. The minimum atomic E-state index is -0.285. The topological polar surface area (TPSA) is 60.7 Å². The summed E-state index contributed by atoms with van der Waals surface area (Å²) < 4.78 is 17.4. The molecule has 0 aliphatic carbocycles. The minimum Gasteiger partial charge on any atom is -0.497 e. The van der Waals surface area contributed by atoms with Crippen molar-refractivity contribution in [3.05, 3.63) is 57.8 Å². The molecule has 5 nitrogen and oxygen atoms in total. The molecule has 0 aliphatic heterocycles. The summed E-state index contributed by atoms with van der Waals surface area (Å²) in [4.78, 5) is 12.8. The van der Waals surface area contributed by atoms with Crippen molar-refractivity contribution in [2.24, 2.45) is 0 Å². The monoisotopic (exact) mass is 417 g/mol. The molecule has 1 N–H and O–H groups in total. The summed E-state index contributed by atoms with van der Waals surface area (Å²) in [6, 6.07) is 10.9. The van der Waals surface area contributed by atoms with Crippen molar-refractivity contribution in [1.82, 2.24) is 5.32 Å². The van der Waals surface area contributed by atoms with Crippen molar-refractivity contribution >= 4 is 32.8 Å². The van der Waals surface area contributed by atoms with Crippen molar-refractivity contribution in [2.75, 3.05) is 14.2 Å². The van der Waals surface area contributed by atoms with Gasteiger partial charge in [-0.1, -0.05) is 15.9 Å². The number of nitrogens with one attached hydrogen (secondary N) is 1. The van der Waals surface area contributed by atoms with E-state index in [2.05, 4.69) is 21.2 Å². The summed E-state index contributed by atoms with van der Waals surface area (Å²) >= 11 is 3.45. The molecule has 1 amide bonds.